The summed E-state index contributed by atoms with van der Waals surface area (Å²) in [5.41, 5.74) is 0. The van der Waals surface area contributed by atoms with Crippen molar-refractivity contribution in [1.29, 1.82) is 0 Å². The van der Waals surface area contributed by atoms with Crippen LogP contribution >= 0.6 is 0 Å². The van der Waals surface area contributed by atoms with Gasteiger partial charge in [0.2, 0.25) is 5.91 Å². The Kier molecular flexibility index (Phi) is 23.8. The van der Waals surface area contributed by atoms with Crippen molar-refractivity contribution in [2.45, 2.75) is 142 Å². The van der Waals surface area contributed by atoms with Crippen LogP contribution in [0.2, 0.25) is 0 Å². The van der Waals surface area contributed by atoms with Crippen LogP contribution in [0.4, 0.5) is 0 Å². The zero-order valence-corrected chi connectivity index (χ0v) is 23.4. The van der Waals surface area contributed by atoms with E-state index < -0.39 is 5.97 Å². The molecule has 3 N–H and O–H groups in total. The smallest absolute Gasteiger partial charge is 0.303 e. The zero-order chi connectivity index (χ0) is 26.2. The second-order valence-electron chi connectivity index (χ2n) is 10.4. The summed E-state index contributed by atoms with van der Waals surface area (Å²) in [6, 6.07) is 0. The van der Waals surface area contributed by atoms with Gasteiger partial charge < -0.3 is 20.4 Å². The highest BCUT2D eigenvalue weighted by Gasteiger charge is 2.13. The highest BCUT2D eigenvalue weighted by Crippen LogP contribution is 2.20. The van der Waals surface area contributed by atoms with Gasteiger partial charge in [0.25, 0.3) is 0 Å². The van der Waals surface area contributed by atoms with Crippen molar-refractivity contribution in [3.8, 4) is 0 Å². The minimum Gasteiger partial charge on any atom is -0.481 e. The Morgan fingerprint density at radius 2 is 1.29 bits per heavy atom. The lowest BCUT2D eigenvalue weighted by Gasteiger charge is -2.23. The molecule has 0 aromatic heterocycles. The van der Waals surface area contributed by atoms with Crippen molar-refractivity contribution in [2.75, 3.05) is 26.2 Å². The second-order valence-corrected chi connectivity index (χ2v) is 10.4. The number of nitrogens with zero attached hydrogens (tertiary/aromatic N) is 1. The molecule has 2 atom stereocenters. The Balaban J connectivity index is 4.17. The molecule has 0 aliphatic heterocycles. The fraction of sp³-hybridized carbons (Fsp3) is 0.931. The van der Waals surface area contributed by atoms with E-state index in [0.717, 1.165) is 71.0 Å². The summed E-state index contributed by atoms with van der Waals surface area (Å²) in [5, 5.41) is 22.2. The van der Waals surface area contributed by atoms with E-state index in [4.69, 9.17) is 5.11 Å². The average molecular weight is 499 g/mol. The molecule has 0 spiro atoms. The second kappa shape index (κ2) is 24.5. The highest BCUT2D eigenvalue weighted by atomic mass is 16.4. The minimum atomic E-state index is -0.722. The Morgan fingerprint density at radius 3 is 1.91 bits per heavy atom. The molecule has 0 heterocycles. The number of amides is 1. The Morgan fingerprint density at radius 1 is 0.686 bits per heavy atom. The first-order valence-electron chi connectivity index (χ1n) is 14.8. The van der Waals surface area contributed by atoms with E-state index in [1.165, 1.54) is 44.9 Å². The number of aliphatic carboxylic acids is 1. The average Bonchev–Trinajstić information content (AvgIpc) is 2.84. The molecule has 1 amide bonds. The molecule has 0 aromatic carbocycles. The van der Waals surface area contributed by atoms with E-state index in [1.54, 1.807) is 0 Å². The maximum Gasteiger partial charge on any atom is 0.303 e. The summed E-state index contributed by atoms with van der Waals surface area (Å²) < 4.78 is 0. The standard InChI is InChI=1S/C29H58N2O4/c1-4-7-10-11-12-17-27(32)19-20-28(33)30-22-13-15-26(18-21-29(34)35)16-14-25-31(23-8-5-2)24-9-6-3/h26-27,32H,4-25H2,1-3H3,(H,30,33)(H,34,35). The molecular formula is C29H58N2O4. The van der Waals surface area contributed by atoms with Gasteiger partial charge >= 0.3 is 5.97 Å². The first-order valence-corrected chi connectivity index (χ1v) is 14.8. The van der Waals surface area contributed by atoms with Gasteiger partial charge in [-0.2, -0.15) is 0 Å². The Labute approximate surface area is 216 Å². The van der Waals surface area contributed by atoms with Crippen LogP contribution < -0.4 is 5.32 Å². The number of nitrogens with one attached hydrogen (secondary N) is 1. The number of hydrogen-bond acceptors (Lipinski definition) is 4. The minimum absolute atomic E-state index is 0.0135. The lowest BCUT2D eigenvalue weighted by Crippen LogP contribution is -2.28. The number of aliphatic hydroxyl groups is 1. The van der Waals surface area contributed by atoms with Crippen molar-refractivity contribution in [1.82, 2.24) is 10.2 Å². The molecular weight excluding hydrogens is 440 g/mol. The molecule has 0 saturated heterocycles. The molecule has 0 radical (unpaired) electrons. The van der Waals surface area contributed by atoms with Crippen molar-refractivity contribution in [2.24, 2.45) is 5.92 Å². The molecule has 0 aromatic rings. The normalized spacial score (nSPS) is 13.2. The number of rotatable bonds is 26. The van der Waals surface area contributed by atoms with Crippen LogP contribution in [0.15, 0.2) is 0 Å². The van der Waals surface area contributed by atoms with Gasteiger partial charge in [-0.3, -0.25) is 9.59 Å². The number of carboxylic acids is 1. The summed E-state index contributed by atoms with van der Waals surface area (Å²) in [7, 11) is 0. The van der Waals surface area contributed by atoms with Crippen LogP contribution in [-0.4, -0.2) is 59.3 Å². The van der Waals surface area contributed by atoms with Gasteiger partial charge in [-0.05, 0) is 83.3 Å². The van der Waals surface area contributed by atoms with E-state index >= 15 is 0 Å². The lowest BCUT2D eigenvalue weighted by atomic mass is 9.92. The van der Waals surface area contributed by atoms with Gasteiger partial charge in [0.05, 0.1) is 6.10 Å². The zero-order valence-electron chi connectivity index (χ0n) is 23.4. The SMILES string of the molecule is CCCCCCCC(O)CCC(=O)NCCCC(CCCN(CCCC)CCCC)CCC(=O)O. The van der Waals surface area contributed by atoms with Crippen LogP contribution in [0.1, 0.15) is 136 Å². The van der Waals surface area contributed by atoms with Crippen molar-refractivity contribution >= 4 is 11.9 Å². The summed E-state index contributed by atoms with van der Waals surface area (Å²) in [6.45, 7) is 10.7. The van der Waals surface area contributed by atoms with Gasteiger partial charge in [0, 0.05) is 19.4 Å². The molecule has 2 unspecified atom stereocenters. The monoisotopic (exact) mass is 498 g/mol. The Hall–Kier alpha value is -1.14. The topological polar surface area (TPSA) is 89.9 Å². The maximum atomic E-state index is 12.1. The summed E-state index contributed by atoms with van der Waals surface area (Å²) in [5.74, 6) is -0.309. The highest BCUT2D eigenvalue weighted by molar-refractivity contribution is 5.75. The van der Waals surface area contributed by atoms with Crippen LogP contribution in [0, 0.1) is 5.92 Å². The molecule has 6 nitrogen and oxygen atoms in total. The van der Waals surface area contributed by atoms with Crippen molar-refractivity contribution in [3.05, 3.63) is 0 Å². The molecule has 208 valence electrons. The van der Waals surface area contributed by atoms with Crippen LogP contribution in [-0.2, 0) is 9.59 Å². The number of aliphatic hydroxyl groups excluding tert-OH is 1. The number of carbonyl (C=O) groups is 2. The molecule has 0 rings (SSSR count). The van der Waals surface area contributed by atoms with E-state index in [-0.39, 0.29) is 18.4 Å². The van der Waals surface area contributed by atoms with Gasteiger partial charge in [0.1, 0.15) is 0 Å². The third-order valence-corrected chi connectivity index (χ3v) is 6.97. The Bertz CT molecular complexity index is 493. The van der Waals surface area contributed by atoms with Crippen LogP contribution in [0.3, 0.4) is 0 Å². The van der Waals surface area contributed by atoms with Gasteiger partial charge in [-0.15, -0.1) is 0 Å². The number of carboxylic acid groups (broad SMARTS) is 1. The fourth-order valence-corrected chi connectivity index (χ4v) is 4.60. The summed E-state index contributed by atoms with van der Waals surface area (Å²) in [6.07, 6.45) is 17.1. The quantitative estimate of drug-likeness (QED) is 0.118. The van der Waals surface area contributed by atoms with E-state index in [2.05, 4.69) is 31.0 Å². The molecule has 0 aliphatic carbocycles. The predicted molar refractivity (Wildman–Crippen MR) is 147 cm³/mol. The fourth-order valence-electron chi connectivity index (χ4n) is 4.60. The molecule has 0 saturated carbocycles. The van der Waals surface area contributed by atoms with Crippen LogP contribution in [0.25, 0.3) is 0 Å². The van der Waals surface area contributed by atoms with Crippen molar-refractivity contribution < 1.29 is 19.8 Å². The van der Waals surface area contributed by atoms with E-state index in [9.17, 15) is 14.7 Å². The van der Waals surface area contributed by atoms with Gasteiger partial charge in [-0.25, -0.2) is 0 Å². The van der Waals surface area contributed by atoms with Gasteiger partial charge in [-0.1, -0.05) is 65.7 Å². The number of hydrogen-bond donors (Lipinski definition) is 3. The van der Waals surface area contributed by atoms with Crippen LogP contribution in [0.5, 0.6) is 0 Å². The first-order chi connectivity index (χ1) is 16.9. The number of unbranched alkanes of at least 4 members (excludes halogenated alkanes) is 6. The molecule has 0 fully saturated rings. The number of carbonyl (C=O) groups excluding carboxylic acids is 1. The first kappa shape index (κ1) is 33.9. The molecule has 0 bridgehead atoms. The third kappa shape index (κ3) is 23.0. The third-order valence-electron chi connectivity index (χ3n) is 6.97. The summed E-state index contributed by atoms with van der Waals surface area (Å²) in [4.78, 5) is 25.8. The van der Waals surface area contributed by atoms with E-state index in [1.807, 2.05) is 0 Å². The molecule has 35 heavy (non-hydrogen) atoms. The van der Waals surface area contributed by atoms with E-state index in [0.29, 0.717) is 25.3 Å². The summed E-state index contributed by atoms with van der Waals surface area (Å²) >= 11 is 0. The molecule has 0 aliphatic rings. The van der Waals surface area contributed by atoms with Gasteiger partial charge in [0.15, 0.2) is 0 Å². The maximum absolute atomic E-state index is 12.1. The lowest BCUT2D eigenvalue weighted by molar-refractivity contribution is -0.137. The largest absolute Gasteiger partial charge is 0.481 e. The van der Waals surface area contributed by atoms with Crippen molar-refractivity contribution in [3.63, 3.8) is 0 Å². The predicted octanol–water partition coefficient (Wildman–Crippen LogP) is 6.55. The molecule has 6 heteroatoms.